The third-order valence-electron chi connectivity index (χ3n) is 2.63. The van der Waals surface area contributed by atoms with Crippen LogP contribution in [0.1, 0.15) is 21.5 Å². The molecule has 0 aliphatic carbocycles. The van der Waals surface area contributed by atoms with Gasteiger partial charge in [-0.25, -0.2) is 5.43 Å². The lowest BCUT2D eigenvalue weighted by Gasteiger charge is -2.02. The zero-order valence-electron chi connectivity index (χ0n) is 10.7. The summed E-state index contributed by atoms with van der Waals surface area (Å²) in [6.45, 7) is 2.01. The van der Waals surface area contributed by atoms with Crippen LogP contribution >= 0.6 is 23.2 Å². The molecule has 0 saturated heterocycles. The topological polar surface area (TPSA) is 41.5 Å². The van der Waals surface area contributed by atoms with Crippen molar-refractivity contribution in [1.29, 1.82) is 0 Å². The number of nitrogens with one attached hydrogen (secondary N) is 1. The summed E-state index contributed by atoms with van der Waals surface area (Å²) in [7, 11) is 0. The van der Waals surface area contributed by atoms with Gasteiger partial charge < -0.3 is 0 Å². The van der Waals surface area contributed by atoms with Crippen molar-refractivity contribution in [2.24, 2.45) is 5.10 Å². The van der Waals surface area contributed by atoms with E-state index in [-0.39, 0.29) is 5.91 Å². The van der Waals surface area contributed by atoms with Crippen molar-refractivity contribution in [1.82, 2.24) is 5.43 Å². The fourth-order valence-corrected chi connectivity index (χ4v) is 2.05. The van der Waals surface area contributed by atoms with Gasteiger partial charge in [-0.1, -0.05) is 53.0 Å². The fraction of sp³-hybridized carbons (Fsp3) is 0.0667. The zero-order chi connectivity index (χ0) is 14.5. The number of aryl methyl sites for hydroxylation is 1. The summed E-state index contributed by atoms with van der Waals surface area (Å²) in [5.74, 6) is -0.380. The van der Waals surface area contributed by atoms with Gasteiger partial charge in [-0.15, -0.1) is 0 Å². The minimum Gasteiger partial charge on any atom is -0.267 e. The number of hydrogen-bond donors (Lipinski definition) is 1. The van der Waals surface area contributed by atoms with Crippen LogP contribution in [0.2, 0.25) is 10.0 Å². The van der Waals surface area contributed by atoms with Crippen molar-refractivity contribution in [3.8, 4) is 0 Å². The number of carbonyl (C=O) groups is 1. The van der Waals surface area contributed by atoms with Gasteiger partial charge >= 0.3 is 0 Å². The molecule has 0 aliphatic rings. The highest BCUT2D eigenvalue weighted by atomic mass is 35.5. The maximum absolute atomic E-state index is 11.9. The van der Waals surface area contributed by atoms with Crippen LogP contribution in [0.4, 0.5) is 0 Å². The molecule has 0 fully saturated rings. The van der Waals surface area contributed by atoms with Crippen LogP contribution in [0.5, 0.6) is 0 Å². The standard InChI is InChI=1S/C15H12Cl2N2O/c1-10-2-4-11(5-3-10)9-18-19-15(20)13-7-6-12(16)8-14(13)17/h2-9H,1H3,(H,19,20)/b18-9+. The Morgan fingerprint density at radius 3 is 2.50 bits per heavy atom. The van der Waals surface area contributed by atoms with Gasteiger partial charge in [-0.05, 0) is 30.7 Å². The number of carbonyl (C=O) groups excluding carboxylic acids is 1. The van der Waals surface area contributed by atoms with Crippen molar-refractivity contribution in [3.63, 3.8) is 0 Å². The molecule has 0 bridgehead atoms. The summed E-state index contributed by atoms with van der Waals surface area (Å²) in [4.78, 5) is 11.9. The van der Waals surface area contributed by atoms with E-state index in [0.29, 0.717) is 15.6 Å². The Labute approximate surface area is 127 Å². The van der Waals surface area contributed by atoms with Gasteiger partial charge in [-0.2, -0.15) is 5.10 Å². The van der Waals surface area contributed by atoms with Gasteiger partial charge in [0.25, 0.3) is 5.91 Å². The van der Waals surface area contributed by atoms with Crippen molar-refractivity contribution >= 4 is 35.3 Å². The lowest BCUT2D eigenvalue weighted by molar-refractivity contribution is 0.0955. The van der Waals surface area contributed by atoms with E-state index in [0.717, 1.165) is 5.56 Å². The Kier molecular flexibility index (Phi) is 4.77. The molecule has 0 atom stereocenters. The summed E-state index contributed by atoms with van der Waals surface area (Å²) in [5.41, 5.74) is 4.82. The van der Waals surface area contributed by atoms with Crippen LogP contribution in [0, 0.1) is 6.92 Å². The van der Waals surface area contributed by atoms with Crippen LogP contribution in [-0.4, -0.2) is 12.1 Å². The minimum atomic E-state index is -0.380. The molecule has 2 aromatic rings. The molecule has 0 radical (unpaired) electrons. The molecule has 1 amide bonds. The molecule has 5 heteroatoms. The normalized spacial score (nSPS) is 10.8. The summed E-state index contributed by atoms with van der Waals surface area (Å²) in [5, 5.41) is 4.67. The number of rotatable bonds is 3. The highest BCUT2D eigenvalue weighted by molar-refractivity contribution is 6.36. The molecule has 0 saturated carbocycles. The molecule has 1 N–H and O–H groups in total. The number of nitrogens with zero attached hydrogens (tertiary/aromatic N) is 1. The molecule has 20 heavy (non-hydrogen) atoms. The first-order chi connectivity index (χ1) is 9.56. The maximum Gasteiger partial charge on any atom is 0.272 e. The first-order valence-corrected chi connectivity index (χ1v) is 6.67. The summed E-state index contributed by atoms with van der Waals surface area (Å²) in [6, 6.07) is 12.5. The number of halogens is 2. The number of hydrogen-bond acceptors (Lipinski definition) is 2. The summed E-state index contributed by atoms with van der Waals surface area (Å²) >= 11 is 11.7. The summed E-state index contributed by atoms with van der Waals surface area (Å²) in [6.07, 6.45) is 1.57. The van der Waals surface area contributed by atoms with Crippen LogP contribution in [0.25, 0.3) is 0 Å². The van der Waals surface area contributed by atoms with E-state index in [1.807, 2.05) is 31.2 Å². The van der Waals surface area contributed by atoms with E-state index >= 15 is 0 Å². The highest BCUT2D eigenvalue weighted by Gasteiger charge is 2.09. The van der Waals surface area contributed by atoms with Gasteiger partial charge in [0.05, 0.1) is 16.8 Å². The molecular formula is C15H12Cl2N2O. The smallest absolute Gasteiger partial charge is 0.267 e. The average molecular weight is 307 g/mol. The van der Waals surface area contributed by atoms with Crippen molar-refractivity contribution in [2.75, 3.05) is 0 Å². The largest absolute Gasteiger partial charge is 0.272 e. The van der Waals surface area contributed by atoms with Gasteiger partial charge in [0.15, 0.2) is 0 Å². The lowest BCUT2D eigenvalue weighted by Crippen LogP contribution is -2.18. The van der Waals surface area contributed by atoms with E-state index in [2.05, 4.69) is 10.5 Å². The van der Waals surface area contributed by atoms with Crippen molar-refractivity contribution < 1.29 is 4.79 Å². The molecule has 0 unspecified atom stereocenters. The van der Waals surface area contributed by atoms with Gasteiger partial charge in [0.2, 0.25) is 0 Å². The quantitative estimate of drug-likeness (QED) is 0.674. The van der Waals surface area contributed by atoms with E-state index < -0.39 is 0 Å². The van der Waals surface area contributed by atoms with Crippen LogP contribution < -0.4 is 5.43 Å². The van der Waals surface area contributed by atoms with Crippen LogP contribution in [0.3, 0.4) is 0 Å². The molecule has 0 spiro atoms. The van der Waals surface area contributed by atoms with Gasteiger partial charge in [0.1, 0.15) is 0 Å². The van der Waals surface area contributed by atoms with Gasteiger partial charge in [0, 0.05) is 5.02 Å². The molecule has 0 heterocycles. The number of benzene rings is 2. The van der Waals surface area contributed by atoms with Crippen molar-refractivity contribution in [2.45, 2.75) is 6.92 Å². The third kappa shape index (κ3) is 3.83. The predicted octanol–water partition coefficient (Wildman–Crippen LogP) is 4.07. The Balaban J connectivity index is 2.03. The Bertz CT molecular complexity index is 651. The molecular weight excluding hydrogens is 295 g/mol. The number of hydrazone groups is 1. The Morgan fingerprint density at radius 1 is 1.15 bits per heavy atom. The van der Waals surface area contributed by atoms with E-state index in [1.54, 1.807) is 18.3 Å². The highest BCUT2D eigenvalue weighted by Crippen LogP contribution is 2.20. The summed E-state index contributed by atoms with van der Waals surface area (Å²) < 4.78 is 0. The van der Waals surface area contributed by atoms with Crippen molar-refractivity contribution in [3.05, 3.63) is 69.2 Å². The minimum absolute atomic E-state index is 0.292. The van der Waals surface area contributed by atoms with E-state index in [4.69, 9.17) is 23.2 Å². The molecule has 0 aliphatic heterocycles. The fourth-order valence-electron chi connectivity index (χ4n) is 1.55. The third-order valence-corrected chi connectivity index (χ3v) is 3.18. The van der Waals surface area contributed by atoms with Gasteiger partial charge in [-0.3, -0.25) is 4.79 Å². The first-order valence-electron chi connectivity index (χ1n) is 5.91. The molecule has 2 rings (SSSR count). The molecule has 0 aromatic heterocycles. The second-order valence-corrected chi connectivity index (χ2v) is 5.08. The second-order valence-electron chi connectivity index (χ2n) is 4.23. The Morgan fingerprint density at radius 2 is 1.85 bits per heavy atom. The predicted molar refractivity (Wildman–Crippen MR) is 82.7 cm³/mol. The molecule has 102 valence electrons. The first kappa shape index (κ1) is 14.6. The average Bonchev–Trinajstić information content (AvgIpc) is 2.41. The van der Waals surface area contributed by atoms with Crippen LogP contribution in [0.15, 0.2) is 47.6 Å². The SMILES string of the molecule is Cc1ccc(/C=N/NC(=O)c2ccc(Cl)cc2Cl)cc1. The second kappa shape index (κ2) is 6.55. The van der Waals surface area contributed by atoms with E-state index in [1.165, 1.54) is 11.6 Å². The molecule has 3 nitrogen and oxygen atoms in total. The van der Waals surface area contributed by atoms with E-state index in [9.17, 15) is 4.79 Å². The molecule has 2 aromatic carbocycles. The monoisotopic (exact) mass is 306 g/mol. The maximum atomic E-state index is 11.9. The zero-order valence-corrected chi connectivity index (χ0v) is 12.2. The lowest BCUT2D eigenvalue weighted by atomic mass is 10.2. The number of amides is 1. The Hall–Kier alpha value is -1.84. The van der Waals surface area contributed by atoms with Crippen LogP contribution in [-0.2, 0) is 0 Å².